The van der Waals surface area contributed by atoms with Crippen LogP contribution in [0.3, 0.4) is 0 Å². The number of benzene rings is 1. The predicted octanol–water partition coefficient (Wildman–Crippen LogP) is 3.81. The highest BCUT2D eigenvalue weighted by Gasteiger charge is 2.11. The van der Waals surface area contributed by atoms with Crippen molar-refractivity contribution in [1.82, 2.24) is 9.55 Å². The van der Waals surface area contributed by atoms with E-state index in [2.05, 4.69) is 11.9 Å². The molecule has 1 aromatic carbocycles. The minimum atomic E-state index is 0.0443. The maximum absolute atomic E-state index is 12.7. The van der Waals surface area contributed by atoms with Crippen molar-refractivity contribution in [3.8, 4) is 11.5 Å². The largest absolute Gasteiger partial charge is 0.497 e. The normalized spacial score (nSPS) is 11.0. The molecular weight excluding hydrogens is 336 g/mol. The van der Waals surface area contributed by atoms with Crippen molar-refractivity contribution in [1.29, 1.82) is 0 Å². The van der Waals surface area contributed by atoms with Crippen LogP contribution in [0.25, 0.3) is 10.2 Å². The van der Waals surface area contributed by atoms with Gasteiger partial charge < -0.3 is 9.47 Å². The highest BCUT2D eigenvalue weighted by atomic mass is 32.1. The Kier molecular flexibility index (Phi) is 5.38. The molecular formula is C19H22N2O3S. The van der Waals surface area contributed by atoms with Gasteiger partial charge in [-0.15, -0.1) is 11.3 Å². The third-order valence-corrected chi connectivity index (χ3v) is 5.27. The van der Waals surface area contributed by atoms with Crippen molar-refractivity contribution < 1.29 is 9.47 Å². The Morgan fingerprint density at radius 3 is 2.60 bits per heavy atom. The molecule has 0 atom stereocenters. The van der Waals surface area contributed by atoms with E-state index in [9.17, 15) is 4.79 Å². The zero-order chi connectivity index (χ0) is 17.8. The van der Waals surface area contributed by atoms with E-state index < -0.39 is 0 Å². The van der Waals surface area contributed by atoms with Crippen LogP contribution < -0.4 is 15.0 Å². The first kappa shape index (κ1) is 17.5. The Hall–Kier alpha value is -2.34. The van der Waals surface area contributed by atoms with Crippen LogP contribution in [-0.2, 0) is 13.0 Å². The Morgan fingerprint density at radius 2 is 1.92 bits per heavy atom. The lowest BCUT2D eigenvalue weighted by Gasteiger charge is -2.10. The van der Waals surface area contributed by atoms with Gasteiger partial charge in [0.1, 0.15) is 22.2 Å². The first-order valence-corrected chi connectivity index (χ1v) is 9.20. The second-order valence-electron chi connectivity index (χ2n) is 5.78. The van der Waals surface area contributed by atoms with Gasteiger partial charge in [0.25, 0.3) is 5.56 Å². The van der Waals surface area contributed by atoms with Gasteiger partial charge in [-0.3, -0.25) is 9.36 Å². The van der Waals surface area contributed by atoms with Gasteiger partial charge in [0.15, 0.2) is 0 Å². The topological polar surface area (TPSA) is 53.4 Å². The Balaban J connectivity index is 1.65. The smallest absolute Gasteiger partial charge is 0.262 e. The number of aryl methyl sites for hydroxylation is 2. The number of thiophene rings is 1. The molecule has 0 unspecified atom stereocenters. The molecule has 3 rings (SSSR count). The van der Waals surface area contributed by atoms with Gasteiger partial charge in [0.05, 0.1) is 19.1 Å². The SMILES string of the molecule is CCc1cc2c(=O)n(CCCOc3ccc(OC)cc3)c(C)nc2s1. The lowest BCUT2D eigenvalue weighted by atomic mass is 10.3. The molecule has 0 saturated heterocycles. The number of rotatable bonds is 7. The van der Waals surface area contributed by atoms with E-state index in [1.54, 1.807) is 23.0 Å². The molecule has 6 heteroatoms. The van der Waals surface area contributed by atoms with Gasteiger partial charge in [-0.25, -0.2) is 4.98 Å². The van der Waals surface area contributed by atoms with Crippen LogP contribution in [0.15, 0.2) is 35.1 Å². The van der Waals surface area contributed by atoms with Gasteiger partial charge in [-0.05, 0) is 50.1 Å². The fourth-order valence-electron chi connectivity index (χ4n) is 2.69. The minimum Gasteiger partial charge on any atom is -0.497 e. The van der Waals surface area contributed by atoms with E-state index in [0.29, 0.717) is 13.2 Å². The summed E-state index contributed by atoms with van der Waals surface area (Å²) < 4.78 is 12.6. The Bertz CT molecular complexity index is 913. The molecule has 0 N–H and O–H groups in total. The highest BCUT2D eigenvalue weighted by Crippen LogP contribution is 2.22. The van der Waals surface area contributed by atoms with E-state index in [-0.39, 0.29) is 5.56 Å². The molecule has 0 spiro atoms. The summed E-state index contributed by atoms with van der Waals surface area (Å²) in [5, 5.41) is 0.725. The van der Waals surface area contributed by atoms with Crippen LogP contribution in [0.5, 0.6) is 11.5 Å². The van der Waals surface area contributed by atoms with Crippen molar-refractivity contribution >= 4 is 21.6 Å². The summed E-state index contributed by atoms with van der Waals surface area (Å²) in [6.07, 6.45) is 1.67. The molecule has 0 aliphatic carbocycles. The lowest BCUT2D eigenvalue weighted by molar-refractivity contribution is 0.299. The molecule has 3 aromatic rings. The van der Waals surface area contributed by atoms with Gasteiger partial charge in [0, 0.05) is 11.4 Å². The van der Waals surface area contributed by atoms with Gasteiger partial charge >= 0.3 is 0 Å². The van der Waals surface area contributed by atoms with Crippen molar-refractivity contribution in [2.24, 2.45) is 0 Å². The van der Waals surface area contributed by atoms with Crippen LogP contribution in [0, 0.1) is 6.92 Å². The maximum Gasteiger partial charge on any atom is 0.262 e. The zero-order valence-electron chi connectivity index (χ0n) is 14.7. The van der Waals surface area contributed by atoms with E-state index in [4.69, 9.17) is 9.47 Å². The van der Waals surface area contributed by atoms with E-state index in [0.717, 1.165) is 40.4 Å². The van der Waals surface area contributed by atoms with Gasteiger partial charge in [-0.1, -0.05) is 6.92 Å². The average Bonchev–Trinajstić information content (AvgIpc) is 3.04. The van der Waals surface area contributed by atoms with Crippen LogP contribution in [0.2, 0.25) is 0 Å². The number of hydrogen-bond donors (Lipinski definition) is 0. The summed E-state index contributed by atoms with van der Waals surface area (Å²) in [6, 6.07) is 9.45. The fraction of sp³-hybridized carbons (Fsp3) is 0.368. The van der Waals surface area contributed by atoms with Crippen molar-refractivity contribution in [3.63, 3.8) is 0 Å². The first-order chi connectivity index (χ1) is 12.1. The fourth-order valence-corrected chi connectivity index (χ4v) is 3.69. The highest BCUT2D eigenvalue weighted by molar-refractivity contribution is 7.18. The summed E-state index contributed by atoms with van der Waals surface area (Å²) in [5.74, 6) is 2.35. The van der Waals surface area contributed by atoms with Gasteiger partial charge in [-0.2, -0.15) is 0 Å². The van der Waals surface area contributed by atoms with Crippen LogP contribution >= 0.6 is 11.3 Å². The van der Waals surface area contributed by atoms with Crippen LogP contribution in [0.4, 0.5) is 0 Å². The molecule has 2 heterocycles. The molecule has 2 aromatic heterocycles. The minimum absolute atomic E-state index is 0.0443. The van der Waals surface area contributed by atoms with E-state index in [1.807, 2.05) is 37.3 Å². The number of nitrogens with zero attached hydrogens (tertiary/aromatic N) is 2. The zero-order valence-corrected chi connectivity index (χ0v) is 15.6. The third kappa shape index (κ3) is 3.85. The molecule has 132 valence electrons. The maximum atomic E-state index is 12.7. The van der Waals surface area contributed by atoms with Crippen molar-refractivity contribution in [2.75, 3.05) is 13.7 Å². The second kappa shape index (κ2) is 7.70. The number of methoxy groups -OCH3 is 1. The van der Waals surface area contributed by atoms with Crippen LogP contribution in [0.1, 0.15) is 24.0 Å². The average molecular weight is 358 g/mol. The van der Waals surface area contributed by atoms with Gasteiger partial charge in [0.2, 0.25) is 0 Å². The molecule has 5 nitrogen and oxygen atoms in total. The number of ether oxygens (including phenoxy) is 2. The Morgan fingerprint density at radius 1 is 1.20 bits per heavy atom. The summed E-state index contributed by atoms with van der Waals surface area (Å²) >= 11 is 1.60. The quantitative estimate of drug-likeness (QED) is 0.603. The lowest BCUT2D eigenvalue weighted by Crippen LogP contribution is -2.24. The third-order valence-electron chi connectivity index (χ3n) is 4.10. The van der Waals surface area contributed by atoms with Crippen molar-refractivity contribution in [2.45, 2.75) is 33.2 Å². The molecule has 0 amide bonds. The monoisotopic (exact) mass is 358 g/mol. The summed E-state index contributed by atoms with van der Waals surface area (Å²) in [7, 11) is 1.64. The molecule has 0 aliphatic heterocycles. The van der Waals surface area contributed by atoms with E-state index >= 15 is 0 Å². The summed E-state index contributed by atoms with van der Waals surface area (Å²) in [5.41, 5.74) is 0.0443. The first-order valence-electron chi connectivity index (χ1n) is 8.39. The molecule has 25 heavy (non-hydrogen) atoms. The molecule has 0 bridgehead atoms. The van der Waals surface area contributed by atoms with E-state index in [1.165, 1.54) is 4.88 Å². The number of aromatic nitrogens is 2. The molecule has 0 aliphatic rings. The standard InChI is InChI=1S/C19H22N2O3S/c1-4-16-12-17-18(25-16)20-13(2)21(19(17)22)10-5-11-24-15-8-6-14(23-3)7-9-15/h6-9,12H,4-5,10-11H2,1-3H3. The summed E-state index contributed by atoms with van der Waals surface area (Å²) in [4.78, 5) is 19.3. The molecule has 0 fully saturated rings. The molecule has 0 radical (unpaired) electrons. The second-order valence-corrected chi connectivity index (χ2v) is 6.89. The molecule has 0 saturated carbocycles. The van der Waals surface area contributed by atoms with Crippen LogP contribution in [-0.4, -0.2) is 23.3 Å². The summed E-state index contributed by atoms with van der Waals surface area (Å²) in [6.45, 7) is 5.12. The predicted molar refractivity (Wildman–Crippen MR) is 101 cm³/mol. The number of fused-ring (bicyclic) bond motifs is 1. The Labute approximate surface area is 150 Å². The number of hydrogen-bond acceptors (Lipinski definition) is 5. The van der Waals surface area contributed by atoms with Crippen molar-refractivity contribution in [3.05, 3.63) is 51.4 Å².